The minimum Gasteiger partial charge on any atom is -0.481 e. The maximum Gasteiger partial charge on any atom is 0.305 e. The third-order valence-electron chi connectivity index (χ3n) is 3.55. The summed E-state index contributed by atoms with van der Waals surface area (Å²) < 4.78 is 1.81. The predicted molar refractivity (Wildman–Crippen MR) is 82.7 cm³/mol. The molecule has 116 valence electrons. The third kappa shape index (κ3) is 3.33. The Morgan fingerprint density at radius 1 is 1.32 bits per heavy atom. The summed E-state index contributed by atoms with van der Waals surface area (Å²) in [5.41, 5.74) is 4.38. The first-order valence-corrected chi connectivity index (χ1v) is 7.00. The Morgan fingerprint density at radius 2 is 2.05 bits per heavy atom. The van der Waals surface area contributed by atoms with Gasteiger partial charge in [-0.3, -0.25) is 14.3 Å². The third-order valence-corrected chi connectivity index (χ3v) is 3.55. The van der Waals surface area contributed by atoms with Crippen LogP contribution in [0.5, 0.6) is 0 Å². The van der Waals surface area contributed by atoms with Crippen molar-refractivity contribution >= 4 is 11.9 Å². The maximum absolute atomic E-state index is 12.1. The summed E-state index contributed by atoms with van der Waals surface area (Å²) in [6.07, 6.45) is -0.0910. The lowest BCUT2D eigenvalue weighted by molar-refractivity contribution is -0.136. The van der Waals surface area contributed by atoms with Gasteiger partial charge in [0.25, 0.3) is 5.91 Å². The van der Waals surface area contributed by atoms with Crippen LogP contribution in [0.2, 0.25) is 0 Å². The molecule has 6 nitrogen and oxygen atoms in total. The van der Waals surface area contributed by atoms with Crippen LogP contribution in [0.25, 0.3) is 11.1 Å². The van der Waals surface area contributed by atoms with Crippen molar-refractivity contribution in [1.82, 2.24) is 15.1 Å². The normalized spacial score (nSPS) is 10.5. The zero-order valence-corrected chi connectivity index (χ0v) is 12.9. The van der Waals surface area contributed by atoms with Gasteiger partial charge in [-0.2, -0.15) is 5.10 Å². The molecule has 0 fully saturated rings. The van der Waals surface area contributed by atoms with E-state index >= 15 is 0 Å². The molecule has 0 saturated carbocycles. The standard InChI is InChI=1S/C16H19N3O3/c1-10-15(11(2)19(3)18-10)12-5-4-6-13(9-12)16(22)17-8-7-14(20)21/h4-6,9H,7-8H2,1-3H3,(H,17,22)(H,20,21). The van der Waals surface area contributed by atoms with E-state index in [0.29, 0.717) is 5.56 Å². The van der Waals surface area contributed by atoms with Gasteiger partial charge in [-0.1, -0.05) is 12.1 Å². The van der Waals surface area contributed by atoms with Crippen molar-refractivity contribution in [2.45, 2.75) is 20.3 Å². The lowest BCUT2D eigenvalue weighted by atomic mass is 10.0. The van der Waals surface area contributed by atoms with Crippen molar-refractivity contribution in [3.05, 3.63) is 41.2 Å². The van der Waals surface area contributed by atoms with E-state index in [1.807, 2.05) is 37.7 Å². The largest absolute Gasteiger partial charge is 0.481 e. The topological polar surface area (TPSA) is 84.2 Å². The quantitative estimate of drug-likeness (QED) is 0.883. The molecular formula is C16H19N3O3. The van der Waals surface area contributed by atoms with Gasteiger partial charge in [-0.25, -0.2) is 0 Å². The molecule has 0 aliphatic rings. The monoisotopic (exact) mass is 301 g/mol. The fourth-order valence-corrected chi connectivity index (χ4v) is 2.39. The predicted octanol–water partition coefficient (Wildman–Crippen LogP) is 1.91. The second-order valence-corrected chi connectivity index (χ2v) is 5.15. The van der Waals surface area contributed by atoms with Crippen LogP contribution in [0, 0.1) is 13.8 Å². The first-order chi connectivity index (χ1) is 10.4. The molecule has 0 spiro atoms. The van der Waals surface area contributed by atoms with Crippen LogP contribution in [0.15, 0.2) is 24.3 Å². The van der Waals surface area contributed by atoms with E-state index in [0.717, 1.165) is 22.5 Å². The summed E-state index contributed by atoms with van der Waals surface area (Å²) in [5, 5.41) is 15.6. The lowest BCUT2D eigenvalue weighted by Gasteiger charge is -2.07. The van der Waals surface area contributed by atoms with Crippen LogP contribution in [0.1, 0.15) is 28.2 Å². The molecule has 0 unspecified atom stereocenters. The molecule has 2 N–H and O–H groups in total. The van der Waals surface area contributed by atoms with E-state index in [-0.39, 0.29) is 18.9 Å². The van der Waals surface area contributed by atoms with E-state index < -0.39 is 5.97 Å². The number of carboxylic acids is 1. The number of carbonyl (C=O) groups is 2. The Labute approximate surface area is 128 Å². The number of amides is 1. The Morgan fingerprint density at radius 3 is 2.64 bits per heavy atom. The molecule has 2 rings (SSSR count). The van der Waals surface area contributed by atoms with Crippen molar-refractivity contribution in [3.63, 3.8) is 0 Å². The van der Waals surface area contributed by atoms with Gasteiger partial charge in [0.15, 0.2) is 0 Å². The van der Waals surface area contributed by atoms with Crippen molar-refractivity contribution in [1.29, 1.82) is 0 Å². The average Bonchev–Trinajstić information content (AvgIpc) is 2.71. The van der Waals surface area contributed by atoms with Crippen molar-refractivity contribution in [2.24, 2.45) is 7.05 Å². The Hall–Kier alpha value is -2.63. The molecule has 1 amide bonds. The van der Waals surface area contributed by atoms with Crippen LogP contribution in [0.3, 0.4) is 0 Å². The van der Waals surface area contributed by atoms with Gasteiger partial charge in [0, 0.05) is 30.4 Å². The van der Waals surface area contributed by atoms with Crippen LogP contribution >= 0.6 is 0 Å². The van der Waals surface area contributed by atoms with Crippen LogP contribution in [0.4, 0.5) is 0 Å². The smallest absolute Gasteiger partial charge is 0.305 e. The minimum atomic E-state index is -0.935. The lowest BCUT2D eigenvalue weighted by Crippen LogP contribution is -2.25. The first-order valence-electron chi connectivity index (χ1n) is 7.00. The molecule has 0 atom stereocenters. The number of aromatic nitrogens is 2. The van der Waals surface area contributed by atoms with Crippen LogP contribution in [-0.2, 0) is 11.8 Å². The maximum atomic E-state index is 12.1. The Bertz CT molecular complexity index is 719. The number of aliphatic carboxylic acids is 1. The van der Waals surface area contributed by atoms with Gasteiger partial charge in [0.2, 0.25) is 0 Å². The van der Waals surface area contributed by atoms with E-state index in [2.05, 4.69) is 10.4 Å². The number of carboxylic acid groups (broad SMARTS) is 1. The molecule has 6 heteroatoms. The van der Waals surface area contributed by atoms with Crippen molar-refractivity contribution in [3.8, 4) is 11.1 Å². The van der Waals surface area contributed by atoms with Gasteiger partial charge in [0.05, 0.1) is 12.1 Å². The molecule has 2 aromatic rings. The molecule has 1 aromatic heterocycles. The number of hydrogen-bond acceptors (Lipinski definition) is 3. The number of hydrogen-bond donors (Lipinski definition) is 2. The molecule has 22 heavy (non-hydrogen) atoms. The van der Waals surface area contributed by atoms with Gasteiger partial charge in [-0.05, 0) is 31.5 Å². The van der Waals surface area contributed by atoms with Gasteiger partial charge in [-0.15, -0.1) is 0 Å². The van der Waals surface area contributed by atoms with E-state index in [1.54, 1.807) is 12.1 Å². The highest BCUT2D eigenvalue weighted by Crippen LogP contribution is 2.27. The highest BCUT2D eigenvalue weighted by atomic mass is 16.4. The number of nitrogens with zero attached hydrogens (tertiary/aromatic N) is 2. The second kappa shape index (κ2) is 6.43. The molecule has 0 radical (unpaired) electrons. The second-order valence-electron chi connectivity index (χ2n) is 5.15. The summed E-state index contributed by atoms with van der Waals surface area (Å²) in [6, 6.07) is 7.26. The molecule has 0 aliphatic heterocycles. The highest BCUT2D eigenvalue weighted by Gasteiger charge is 2.13. The summed E-state index contributed by atoms with van der Waals surface area (Å²) in [7, 11) is 1.88. The number of carbonyl (C=O) groups excluding carboxylic acids is 1. The molecule has 1 heterocycles. The summed E-state index contributed by atoms with van der Waals surface area (Å²) in [5.74, 6) is -1.21. The van der Waals surface area contributed by atoms with E-state index in [4.69, 9.17) is 5.11 Å². The minimum absolute atomic E-state index is 0.0910. The molecule has 0 aliphatic carbocycles. The van der Waals surface area contributed by atoms with Crippen molar-refractivity contribution in [2.75, 3.05) is 6.54 Å². The highest BCUT2D eigenvalue weighted by molar-refractivity contribution is 5.95. The number of nitrogens with one attached hydrogen (secondary N) is 1. The van der Waals surface area contributed by atoms with Gasteiger partial charge >= 0.3 is 5.97 Å². The molecular weight excluding hydrogens is 282 g/mol. The summed E-state index contributed by atoms with van der Waals surface area (Å²) in [6.45, 7) is 4.03. The zero-order chi connectivity index (χ0) is 16.3. The van der Waals surface area contributed by atoms with Gasteiger partial charge < -0.3 is 10.4 Å². The van der Waals surface area contributed by atoms with E-state index in [9.17, 15) is 9.59 Å². The fraction of sp³-hybridized carbons (Fsp3) is 0.312. The number of rotatable bonds is 5. The number of aryl methyl sites for hydroxylation is 2. The van der Waals surface area contributed by atoms with Crippen molar-refractivity contribution < 1.29 is 14.7 Å². The van der Waals surface area contributed by atoms with Gasteiger partial charge in [0.1, 0.15) is 0 Å². The SMILES string of the molecule is Cc1nn(C)c(C)c1-c1cccc(C(=O)NCCC(=O)O)c1. The molecule has 0 saturated heterocycles. The number of benzene rings is 1. The fourth-order valence-electron chi connectivity index (χ4n) is 2.39. The first kappa shape index (κ1) is 15.8. The average molecular weight is 301 g/mol. The molecule has 1 aromatic carbocycles. The Balaban J connectivity index is 2.23. The zero-order valence-electron chi connectivity index (χ0n) is 12.9. The Kier molecular flexibility index (Phi) is 4.60. The van der Waals surface area contributed by atoms with E-state index in [1.165, 1.54) is 0 Å². The van der Waals surface area contributed by atoms with Crippen LogP contribution in [-0.4, -0.2) is 33.3 Å². The van der Waals surface area contributed by atoms with Crippen LogP contribution < -0.4 is 5.32 Å². The molecule has 0 bridgehead atoms. The summed E-state index contributed by atoms with van der Waals surface area (Å²) in [4.78, 5) is 22.5. The summed E-state index contributed by atoms with van der Waals surface area (Å²) >= 11 is 0.